The Labute approximate surface area is 418 Å². The fourth-order valence-corrected chi connectivity index (χ4v) is 18.3. The van der Waals surface area contributed by atoms with E-state index < -0.39 is 41.6 Å². The third-order valence-electron chi connectivity index (χ3n) is 14.0. The maximum Gasteiger partial charge on any atom is 0.191 e. The van der Waals surface area contributed by atoms with Gasteiger partial charge in [0.15, 0.2) is 41.6 Å². The molecule has 0 radical (unpaired) electrons. The van der Waals surface area contributed by atoms with Gasteiger partial charge in [0.1, 0.15) is 0 Å². The van der Waals surface area contributed by atoms with E-state index in [-0.39, 0.29) is 33.0 Å². The van der Waals surface area contributed by atoms with Crippen LogP contribution in [0.3, 0.4) is 0 Å². The lowest BCUT2D eigenvalue weighted by molar-refractivity contribution is 0.300. The molecule has 0 fully saturated rings. The van der Waals surface area contributed by atoms with Crippen molar-refractivity contribution < 1.29 is 47.7 Å². The molecule has 0 aliphatic heterocycles. The van der Waals surface area contributed by atoms with Crippen LogP contribution < -0.4 is 0 Å². The molecule has 66 heavy (non-hydrogen) atoms. The zero-order valence-corrected chi connectivity index (χ0v) is 52.4. The largest absolute Gasteiger partial charge is 0.420 e. The minimum absolute atomic E-state index is 0.275. The molecule has 0 aliphatic rings. The highest BCUT2D eigenvalue weighted by atomic mass is 28.4. The van der Waals surface area contributed by atoms with E-state index in [1.165, 1.54) is 152 Å². The third-order valence-corrected chi connectivity index (χ3v) is 32.3. The minimum Gasteiger partial charge on any atom is -0.420 e. The van der Waals surface area contributed by atoms with Crippen molar-refractivity contribution >= 4 is 41.6 Å². The molecule has 0 saturated carbocycles. The van der Waals surface area contributed by atoms with Crippen molar-refractivity contribution in [2.24, 2.45) is 5.92 Å². The van der Waals surface area contributed by atoms with Crippen molar-refractivity contribution in [1.82, 2.24) is 0 Å². The van der Waals surface area contributed by atoms with E-state index in [0.29, 0.717) is 0 Å². The van der Waals surface area contributed by atoms with Crippen LogP contribution in [0.15, 0.2) is 0 Å². The number of hydrogen-bond donors (Lipinski definition) is 5. The number of hydrogen-bond acceptors (Lipinski definition) is 10. The molecule has 0 aliphatic carbocycles. The van der Waals surface area contributed by atoms with Crippen molar-refractivity contribution in [2.75, 3.05) is 68.6 Å². The molecule has 0 spiro atoms. The molecule has 0 aromatic carbocycles. The van der Waals surface area contributed by atoms with Gasteiger partial charge in [0.2, 0.25) is 0 Å². The lowest BCUT2D eigenvalue weighted by Crippen LogP contribution is -2.34. The number of rotatable bonds is 40. The van der Waals surface area contributed by atoms with E-state index in [4.69, 9.17) is 47.7 Å². The van der Waals surface area contributed by atoms with Crippen molar-refractivity contribution in [2.45, 2.75) is 257 Å². The van der Waals surface area contributed by atoms with Crippen molar-refractivity contribution in [3.63, 3.8) is 0 Å². The maximum absolute atomic E-state index is 8.96. The first kappa shape index (κ1) is 75.6. The molecule has 406 valence electrons. The monoisotopic (exact) mass is 1030 g/mol. The van der Waals surface area contributed by atoms with Crippen LogP contribution in [-0.2, 0) is 22.1 Å². The molecule has 0 aromatic rings. The molecule has 0 saturated heterocycles. The Morgan fingerprint density at radius 2 is 0.515 bits per heavy atom. The Bertz CT molecular complexity index is 953. The summed E-state index contributed by atoms with van der Waals surface area (Å²) in [6.07, 6.45) is 24.8. The summed E-state index contributed by atoms with van der Waals surface area (Å²) in [5.41, 5.74) is 0. The summed E-state index contributed by atoms with van der Waals surface area (Å²) in [6.45, 7) is 25.9. The molecule has 0 heterocycles. The van der Waals surface area contributed by atoms with Gasteiger partial charge in [-0.1, -0.05) is 164 Å². The fourth-order valence-electron chi connectivity index (χ4n) is 7.44. The summed E-state index contributed by atoms with van der Waals surface area (Å²) >= 11 is 0. The Morgan fingerprint density at radius 3 is 0.742 bits per heavy atom. The van der Waals surface area contributed by atoms with Gasteiger partial charge in [0.25, 0.3) is 0 Å². The average molecular weight is 1040 g/mol. The van der Waals surface area contributed by atoms with Gasteiger partial charge in [0.05, 0.1) is 0 Å². The van der Waals surface area contributed by atoms with Gasteiger partial charge in [-0.3, -0.25) is 0 Å². The maximum atomic E-state index is 8.96. The van der Waals surface area contributed by atoms with Crippen molar-refractivity contribution in [1.29, 1.82) is 0 Å². The molecule has 5 N–H and O–H groups in total. The summed E-state index contributed by atoms with van der Waals surface area (Å²) in [7, 11) is 1.32. The van der Waals surface area contributed by atoms with Gasteiger partial charge in [0, 0.05) is 68.6 Å². The first-order valence-corrected chi connectivity index (χ1v) is 41.2. The second kappa shape index (κ2) is 52.0. The quantitative estimate of drug-likeness (QED) is 0.0297. The van der Waals surface area contributed by atoms with E-state index in [2.05, 4.69) is 74.3 Å². The van der Waals surface area contributed by atoms with Crippen LogP contribution in [0.1, 0.15) is 164 Å². The SMILES string of the molecule is CCC(C)CC[Si](C)(CCO)OC.CCCCCCCC[Si](C)(CCO)OC.CCCCCCC[Si](C)(CCO)OC.CCCCCC[Si](C)(CCO)OC.CCCC[Si](C)(CCO)OC. The molecule has 0 aromatic heterocycles. The van der Waals surface area contributed by atoms with Gasteiger partial charge in [-0.2, -0.15) is 0 Å². The van der Waals surface area contributed by atoms with Crippen LogP contribution >= 0.6 is 0 Å². The second-order valence-corrected chi connectivity index (χ2v) is 41.8. The summed E-state index contributed by atoms with van der Waals surface area (Å²) in [5.74, 6) is 0.792. The Kier molecular flexibility index (Phi) is 59.6. The standard InChI is InChI=1S/C12H28O2Si.C11H26O2Si.2C10H24O2Si.C8H20O2Si/c1-4-5-6-7-8-9-11-15(3,14-2)12-10-13;1-4-5-6-7-8-10-14(3,13-2)11-9-12;1-5-10(2)6-8-13(4,12-3)9-7-11;1-4-5-6-7-9-13(3,12-2)10-8-11;1-4-5-7-11(3,10-2)8-6-9/h13H,4-12H2,1-3H3;12H,4-11H2,1-3H3;10-11H,5-9H2,1-4H3;11H,4-10H2,1-3H3;9H,4-8H2,1-3H3. The van der Waals surface area contributed by atoms with Crippen molar-refractivity contribution in [3.8, 4) is 0 Å². The lowest BCUT2D eigenvalue weighted by Gasteiger charge is -2.25. The minimum atomic E-state index is -1.55. The van der Waals surface area contributed by atoms with Gasteiger partial charge in [-0.25, -0.2) is 0 Å². The van der Waals surface area contributed by atoms with E-state index in [1.807, 2.05) is 0 Å². The molecule has 15 heteroatoms. The van der Waals surface area contributed by atoms with E-state index in [0.717, 1.165) is 36.1 Å². The Hall–Kier alpha value is 0.684. The molecule has 6 unspecified atom stereocenters. The molecular weight excluding hydrogens is 913 g/mol. The zero-order valence-electron chi connectivity index (χ0n) is 47.4. The summed E-state index contributed by atoms with van der Waals surface area (Å²) in [4.78, 5) is 0. The highest BCUT2D eigenvalue weighted by molar-refractivity contribution is 6.74. The van der Waals surface area contributed by atoms with E-state index >= 15 is 0 Å². The summed E-state index contributed by atoms with van der Waals surface area (Å²) in [6, 6.07) is 10.4. The first-order chi connectivity index (χ1) is 31.3. The van der Waals surface area contributed by atoms with Crippen molar-refractivity contribution in [3.05, 3.63) is 0 Å². The van der Waals surface area contributed by atoms with Crippen LogP contribution in [0, 0.1) is 5.92 Å². The molecule has 6 atom stereocenters. The third kappa shape index (κ3) is 49.7. The van der Waals surface area contributed by atoms with Crippen LogP contribution in [0.4, 0.5) is 0 Å². The van der Waals surface area contributed by atoms with Gasteiger partial charge < -0.3 is 47.7 Å². The Balaban J connectivity index is -0.000000236. The highest BCUT2D eigenvalue weighted by Crippen LogP contribution is 2.24. The van der Waals surface area contributed by atoms with E-state index in [9.17, 15) is 0 Å². The number of unbranched alkanes of at least 4 members (excludes halogenated alkanes) is 13. The average Bonchev–Trinajstić information content (AvgIpc) is 3.31. The predicted octanol–water partition coefficient (Wildman–Crippen LogP) is 14.1. The highest BCUT2D eigenvalue weighted by Gasteiger charge is 2.29. The molecule has 0 bridgehead atoms. The molecular formula is C51H122O10Si5. The second-order valence-electron chi connectivity index (χ2n) is 20.3. The van der Waals surface area contributed by atoms with Gasteiger partial charge in [-0.15, -0.1) is 0 Å². The smallest absolute Gasteiger partial charge is 0.191 e. The van der Waals surface area contributed by atoms with Gasteiger partial charge >= 0.3 is 0 Å². The fraction of sp³-hybridized carbons (Fsp3) is 1.00. The van der Waals surface area contributed by atoms with Crippen LogP contribution in [0.25, 0.3) is 0 Å². The lowest BCUT2D eigenvalue weighted by atomic mass is 10.1. The molecule has 0 amide bonds. The van der Waals surface area contributed by atoms with Crippen LogP contribution in [-0.4, -0.2) is 136 Å². The first-order valence-electron chi connectivity index (χ1n) is 27.1. The summed E-state index contributed by atoms with van der Waals surface area (Å²) in [5, 5.41) is 44.5. The predicted molar refractivity (Wildman–Crippen MR) is 302 cm³/mol. The van der Waals surface area contributed by atoms with E-state index in [1.54, 1.807) is 35.5 Å². The Morgan fingerprint density at radius 1 is 0.303 bits per heavy atom. The normalized spacial score (nSPS) is 16.1. The topological polar surface area (TPSA) is 147 Å². The van der Waals surface area contributed by atoms with Gasteiger partial charge in [-0.05, 0) is 99.1 Å². The molecule has 10 nitrogen and oxygen atoms in total. The molecule has 0 rings (SSSR count). The van der Waals surface area contributed by atoms with Crippen LogP contribution in [0.5, 0.6) is 0 Å². The number of aliphatic hydroxyl groups is 5. The zero-order chi connectivity index (χ0) is 51.7. The van der Waals surface area contributed by atoms with Crippen LogP contribution in [0.2, 0.25) is 93.2 Å². The number of aliphatic hydroxyl groups excluding tert-OH is 5. The summed E-state index contributed by atoms with van der Waals surface area (Å²) < 4.78 is 27.7.